The maximum absolute atomic E-state index is 2.67. The molecule has 2 saturated heterocycles. The highest BCUT2D eigenvalue weighted by atomic mass is 32.2. The molecule has 2 aliphatic rings. The fourth-order valence-corrected chi connectivity index (χ4v) is 3.61. The maximum atomic E-state index is 2.67. The molecule has 1 unspecified atom stereocenters. The second-order valence-corrected chi connectivity index (χ2v) is 8.27. The number of rotatable bonds is 4. The van der Waals surface area contributed by atoms with Crippen LogP contribution in [0.3, 0.4) is 0 Å². The van der Waals surface area contributed by atoms with Gasteiger partial charge >= 0.3 is 0 Å². The van der Waals surface area contributed by atoms with E-state index in [-0.39, 0.29) is 0 Å². The molecule has 19 heavy (non-hydrogen) atoms. The van der Waals surface area contributed by atoms with Crippen molar-refractivity contribution in [2.24, 2.45) is 5.92 Å². The number of thioether (sulfide) groups is 1. The molecule has 0 bridgehead atoms. The molecule has 0 spiro atoms. The van der Waals surface area contributed by atoms with Crippen LogP contribution in [0, 0.1) is 5.92 Å². The van der Waals surface area contributed by atoms with Gasteiger partial charge in [0.15, 0.2) is 0 Å². The third kappa shape index (κ3) is 4.10. The Morgan fingerprint density at radius 1 is 1.11 bits per heavy atom. The number of likely N-dealkylation sites (tertiary alicyclic amines) is 1. The van der Waals surface area contributed by atoms with Gasteiger partial charge in [-0.2, -0.15) is 0 Å². The van der Waals surface area contributed by atoms with Gasteiger partial charge < -0.3 is 4.90 Å². The second-order valence-electron chi connectivity index (χ2n) is 7.11. The van der Waals surface area contributed by atoms with E-state index >= 15 is 0 Å². The highest BCUT2D eigenvalue weighted by molar-refractivity contribution is 7.99. The molecule has 4 heteroatoms. The van der Waals surface area contributed by atoms with E-state index in [1.54, 1.807) is 0 Å². The summed E-state index contributed by atoms with van der Waals surface area (Å²) in [5.74, 6) is 0.913. The van der Waals surface area contributed by atoms with E-state index in [2.05, 4.69) is 48.7 Å². The summed E-state index contributed by atoms with van der Waals surface area (Å²) >= 11 is 1.97. The van der Waals surface area contributed by atoms with Gasteiger partial charge in [0.1, 0.15) is 0 Å². The van der Waals surface area contributed by atoms with Gasteiger partial charge in [-0.1, -0.05) is 0 Å². The molecular formula is C15H31N3S. The predicted molar refractivity (Wildman–Crippen MR) is 85.8 cm³/mol. The molecule has 0 N–H and O–H groups in total. The summed E-state index contributed by atoms with van der Waals surface area (Å²) in [6.07, 6.45) is 2.21. The van der Waals surface area contributed by atoms with Gasteiger partial charge in [0.05, 0.1) is 5.37 Å². The smallest absolute Gasteiger partial charge is 0.0526 e. The van der Waals surface area contributed by atoms with Gasteiger partial charge in [-0.15, -0.1) is 11.8 Å². The maximum Gasteiger partial charge on any atom is 0.0526 e. The summed E-state index contributed by atoms with van der Waals surface area (Å²) < 4.78 is 0. The summed E-state index contributed by atoms with van der Waals surface area (Å²) in [4.78, 5) is 7.89. The van der Waals surface area contributed by atoms with E-state index in [9.17, 15) is 0 Å². The Bertz CT molecular complexity index is 276. The first-order chi connectivity index (χ1) is 8.90. The lowest BCUT2D eigenvalue weighted by atomic mass is 9.98. The Labute approximate surface area is 123 Å². The standard InChI is InChI=1S/C15H31N3S/c1-13(19-5)17-11-14(12-17)10-16-6-8-18(9-7-16)15(2,3)4/h13-14H,6-12H2,1-5H3. The highest BCUT2D eigenvalue weighted by Gasteiger charge is 2.32. The lowest BCUT2D eigenvalue weighted by Gasteiger charge is -2.47. The second kappa shape index (κ2) is 6.33. The zero-order chi connectivity index (χ0) is 14.0. The number of nitrogens with zero attached hydrogens (tertiary/aromatic N) is 3. The van der Waals surface area contributed by atoms with E-state index in [1.165, 1.54) is 45.8 Å². The summed E-state index contributed by atoms with van der Waals surface area (Å²) in [6, 6.07) is 0. The zero-order valence-electron chi connectivity index (χ0n) is 13.4. The van der Waals surface area contributed by atoms with Crippen LogP contribution in [0.15, 0.2) is 0 Å². The quantitative estimate of drug-likeness (QED) is 0.782. The SMILES string of the molecule is CSC(C)N1CC(CN2CCN(C(C)(C)C)CC2)C1. The predicted octanol–water partition coefficient (Wildman–Crippen LogP) is 2.04. The minimum absolute atomic E-state index is 0.340. The fraction of sp³-hybridized carbons (Fsp3) is 1.00. The molecule has 0 amide bonds. The molecule has 3 nitrogen and oxygen atoms in total. The molecule has 0 aromatic heterocycles. The minimum Gasteiger partial charge on any atom is -0.300 e. The van der Waals surface area contributed by atoms with Crippen molar-refractivity contribution >= 4 is 11.8 Å². The van der Waals surface area contributed by atoms with Gasteiger partial charge in [-0.3, -0.25) is 9.80 Å². The first-order valence-corrected chi connectivity index (χ1v) is 8.93. The number of hydrogen-bond acceptors (Lipinski definition) is 4. The van der Waals surface area contributed by atoms with Crippen LogP contribution in [0.1, 0.15) is 27.7 Å². The van der Waals surface area contributed by atoms with Crippen LogP contribution < -0.4 is 0 Å². The van der Waals surface area contributed by atoms with Crippen molar-refractivity contribution in [2.45, 2.75) is 38.6 Å². The molecule has 0 radical (unpaired) electrons. The Balaban J connectivity index is 1.65. The Morgan fingerprint density at radius 2 is 1.68 bits per heavy atom. The molecular weight excluding hydrogens is 254 g/mol. The highest BCUT2D eigenvalue weighted by Crippen LogP contribution is 2.25. The average molecular weight is 286 g/mol. The normalized spacial score (nSPS) is 26.4. The topological polar surface area (TPSA) is 9.72 Å². The van der Waals surface area contributed by atoms with Gasteiger partial charge in [0.25, 0.3) is 0 Å². The first-order valence-electron chi connectivity index (χ1n) is 7.64. The summed E-state index contributed by atoms with van der Waals surface area (Å²) in [6.45, 7) is 18.2. The Hall–Kier alpha value is 0.230. The third-order valence-electron chi connectivity index (χ3n) is 4.68. The lowest BCUT2D eigenvalue weighted by Crippen LogP contribution is -2.58. The van der Waals surface area contributed by atoms with Crippen LogP contribution in [0.5, 0.6) is 0 Å². The van der Waals surface area contributed by atoms with Crippen LogP contribution in [0.4, 0.5) is 0 Å². The summed E-state index contributed by atoms with van der Waals surface area (Å²) in [7, 11) is 0. The molecule has 0 aromatic rings. The van der Waals surface area contributed by atoms with Crippen LogP contribution in [-0.4, -0.2) is 77.7 Å². The molecule has 0 aromatic carbocycles. The molecule has 112 valence electrons. The zero-order valence-corrected chi connectivity index (χ0v) is 14.2. The summed E-state index contributed by atoms with van der Waals surface area (Å²) in [5.41, 5.74) is 0.340. The van der Waals surface area contributed by atoms with Crippen molar-refractivity contribution < 1.29 is 0 Å². The third-order valence-corrected chi connectivity index (χ3v) is 5.66. The van der Waals surface area contributed by atoms with E-state index < -0.39 is 0 Å². The van der Waals surface area contributed by atoms with Crippen LogP contribution in [-0.2, 0) is 0 Å². The van der Waals surface area contributed by atoms with Gasteiger partial charge in [0, 0.05) is 51.4 Å². The van der Waals surface area contributed by atoms with Gasteiger partial charge in [0.2, 0.25) is 0 Å². The van der Waals surface area contributed by atoms with E-state index in [0.29, 0.717) is 10.9 Å². The Kier molecular flexibility index (Phi) is 5.21. The number of hydrogen-bond donors (Lipinski definition) is 0. The Morgan fingerprint density at radius 3 is 2.16 bits per heavy atom. The van der Waals surface area contributed by atoms with Crippen LogP contribution in [0.2, 0.25) is 0 Å². The van der Waals surface area contributed by atoms with Crippen molar-refractivity contribution in [1.29, 1.82) is 0 Å². The van der Waals surface area contributed by atoms with Gasteiger partial charge in [-0.25, -0.2) is 0 Å². The summed E-state index contributed by atoms with van der Waals surface area (Å²) in [5, 5.41) is 0.703. The minimum atomic E-state index is 0.340. The number of piperazine rings is 1. The van der Waals surface area contributed by atoms with Crippen molar-refractivity contribution in [3.05, 3.63) is 0 Å². The largest absolute Gasteiger partial charge is 0.300 e. The average Bonchev–Trinajstić information content (AvgIpc) is 2.32. The molecule has 1 atom stereocenters. The molecule has 0 saturated carbocycles. The fourth-order valence-electron chi connectivity index (χ4n) is 3.14. The van der Waals surface area contributed by atoms with Crippen molar-refractivity contribution in [1.82, 2.24) is 14.7 Å². The first kappa shape index (κ1) is 15.6. The molecule has 2 rings (SSSR count). The van der Waals surface area contributed by atoms with Gasteiger partial charge in [-0.05, 0) is 39.9 Å². The molecule has 2 fully saturated rings. The van der Waals surface area contributed by atoms with Crippen molar-refractivity contribution in [2.75, 3.05) is 52.1 Å². The van der Waals surface area contributed by atoms with E-state index in [1.807, 2.05) is 11.8 Å². The molecule has 2 aliphatic heterocycles. The molecule has 0 aliphatic carbocycles. The van der Waals surface area contributed by atoms with E-state index in [0.717, 1.165) is 5.92 Å². The lowest BCUT2D eigenvalue weighted by molar-refractivity contribution is 0.0224. The van der Waals surface area contributed by atoms with Crippen LogP contribution in [0.25, 0.3) is 0 Å². The van der Waals surface area contributed by atoms with Crippen molar-refractivity contribution in [3.8, 4) is 0 Å². The van der Waals surface area contributed by atoms with Crippen LogP contribution >= 0.6 is 11.8 Å². The monoisotopic (exact) mass is 285 g/mol. The molecule has 2 heterocycles. The van der Waals surface area contributed by atoms with E-state index in [4.69, 9.17) is 0 Å². The van der Waals surface area contributed by atoms with Crippen molar-refractivity contribution in [3.63, 3.8) is 0 Å².